The molecule has 7 nitrogen and oxygen atoms in total. The number of carboxylic acid groups (broad SMARTS) is 2. The zero-order valence-corrected chi connectivity index (χ0v) is 20.1. The second kappa shape index (κ2) is 14.3. The van der Waals surface area contributed by atoms with E-state index in [2.05, 4.69) is 17.1 Å². The SMILES string of the molecule is O=C(O)CCCCC(/C=C/c1ccccc1OCCN1CCOCC1)Cc1ccc(C(=O)O)cc1. The van der Waals surface area contributed by atoms with Gasteiger partial charge in [0.2, 0.25) is 0 Å². The van der Waals surface area contributed by atoms with Crippen LogP contribution in [0.15, 0.2) is 54.6 Å². The van der Waals surface area contributed by atoms with E-state index in [0.717, 1.165) is 69.0 Å². The third-order valence-electron chi connectivity index (χ3n) is 6.15. The van der Waals surface area contributed by atoms with Crippen molar-refractivity contribution in [2.75, 3.05) is 39.5 Å². The molecule has 2 aromatic carbocycles. The maximum atomic E-state index is 11.1. The number of benzene rings is 2. The number of nitrogens with zero attached hydrogens (tertiary/aromatic N) is 1. The van der Waals surface area contributed by atoms with Crippen LogP contribution in [0.1, 0.15) is 47.2 Å². The topological polar surface area (TPSA) is 96.3 Å². The molecule has 188 valence electrons. The second-order valence-electron chi connectivity index (χ2n) is 8.81. The number of carbonyl (C=O) groups is 2. The van der Waals surface area contributed by atoms with Gasteiger partial charge in [-0.05, 0) is 48.9 Å². The summed E-state index contributed by atoms with van der Waals surface area (Å²) in [6.45, 7) is 4.88. The Morgan fingerprint density at radius 3 is 2.49 bits per heavy atom. The molecule has 0 spiro atoms. The quantitative estimate of drug-likeness (QED) is 0.380. The number of hydrogen-bond donors (Lipinski definition) is 2. The molecular formula is C28H35NO6. The first-order valence-corrected chi connectivity index (χ1v) is 12.3. The van der Waals surface area contributed by atoms with Crippen LogP contribution in [0.4, 0.5) is 0 Å². The molecule has 0 amide bonds. The van der Waals surface area contributed by atoms with Gasteiger partial charge in [-0.3, -0.25) is 9.69 Å². The van der Waals surface area contributed by atoms with Crippen LogP contribution in [0.3, 0.4) is 0 Å². The van der Waals surface area contributed by atoms with Crippen LogP contribution < -0.4 is 4.74 Å². The summed E-state index contributed by atoms with van der Waals surface area (Å²) in [6.07, 6.45) is 7.47. The highest BCUT2D eigenvalue weighted by Crippen LogP contribution is 2.24. The Labute approximate surface area is 207 Å². The average Bonchev–Trinajstić information content (AvgIpc) is 2.86. The first-order chi connectivity index (χ1) is 17.0. The maximum Gasteiger partial charge on any atom is 0.335 e. The lowest BCUT2D eigenvalue weighted by Crippen LogP contribution is -2.38. The van der Waals surface area contributed by atoms with Crippen LogP contribution in [-0.4, -0.2) is 66.5 Å². The predicted molar refractivity (Wildman–Crippen MR) is 135 cm³/mol. The van der Waals surface area contributed by atoms with Crippen molar-refractivity contribution in [3.63, 3.8) is 0 Å². The van der Waals surface area contributed by atoms with E-state index in [4.69, 9.17) is 19.7 Å². The molecule has 0 aromatic heterocycles. The number of allylic oxidation sites excluding steroid dienone is 1. The molecule has 3 rings (SSSR count). The minimum absolute atomic E-state index is 0.170. The van der Waals surface area contributed by atoms with Crippen LogP contribution >= 0.6 is 0 Å². The van der Waals surface area contributed by atoms with E-state index >= 15 is 0 Å². The second-order valence-corrected chi connectivity index (χ2v) is 8.81. The summed E-state index contributed by atoms with van der Waals surface area (Å²) in [4.78, 5) is 24.4. The normalized spacial score (nSPS) is 15.2. The molecule has 2 N–H and O–H groups in total. The fourth-order valence-corrected chi connectivity index (χ4v) is 4.13. The summed E-state index contributed by atoms with van der Waals surface area (Å²) in [7, 11) is 0. The van der Waals surface area contributed by atoms with Crippen molar-refractivity contribution in [3.05, 3.63) is 71.3 Å². The number of aromatic carboxylic acids is 1. The van der Waals surface area contributed by atoms with Crippen LogP contribution in [0.25, 0.3) is 6.08 Å². The lowest BCUT2D eigenvalue weighted by atomic mass is 9.92. The molecule has 1 aliphatic rings. The summed E-state index contributed by atoms with van der Waals surface area (Å²) in [5.41, 5.74) is 2.33. The molecule has 1 unspecified atom stereocenters. The van der Waals surface area contributed by atoms with E-state index in [1.54, 1.807) is 12.1 Å². The van der Waals surface area contributed by atoms with E-state index in [-0.39, 0.29) is 17.9 Å². The van der Waals surface area contributed by atoms with Crippen molar-refractivity contribution in [3.8, 4) is 5.75 Å². The van der Waals surface area contributed by atoms with Gasteiger partial charge >= 0.3 is 11.9 Å². The molecule has 1 heterocycles. The molecular weight excluding hydrogens is 446 g/mol. The third kappa shape index (κ3) is 9.54. The zero-order chi connectivity index (χ0) is 24.9. The number of aliphatic carboxylic acids is 1. The van der Waals surface area contributed by atoms with Gasteiger partial charge in [0, 0.05) is 31.6 Å². The summed E-state index contributed by atoms with van der Waals surface area (Å²) in [6, 6.07) is 14.9. The number of morpholine rings is 1. The molecule has 0 bridgehead atoms. The molecule has 7 heteroatoms. The fraction of sp³-hybridized carbons (Fsp3) is 0.429. The Hall–Kier alpha value is -3.16. The van der Waals surface area contributed by atoms with Crippen LogP contribution in [-0.2, 0) is 16.0 Å². The molecule has 1 atom stereocenters. The van der Waals surface area contributed by atoms with Crippen LogP contribution in [0.5, 0.6) is 5.75 Å². The van der Waals surface area contributed by atoms with E-state index in [1.165, 1.54) is 0 Å². The Morgan fingerprint density at radius 1 is 1.03 bits per heavy atom. The Balaban J connectivity index is 1.63. The number of carboxylic acids is 2. The standard InChI is InChI=1S/C28H35NO6/c30-27(31)8-4-1-5-22(21-23-10-13-25(14-11-23)28(32)33)9-12-24-6-2-3-7-26(24)35-20-17-29-15-18-34-19-16-29/h2-3,6-7,9-14,22H,1,4-5,8,15-21H2,(H,30,31)(H,32,33)/b12-9+. The molecule has 1 aliphatic heterocycles. The fourth-order valence-electron chi connectivity index (χ4n) is 4.13. The van der Waals surface area contributed by atoms with Gasteiger partial charge in [0.25, 0.3) is 0 Å². The highest BCUT2D eigenvalue weighted by atomic mass is 16.5. The van der Waals surface area contributed by atoms with Crippen molar-refractivity contribution in [1.82, 2.24) is 4.90 Å². The van der Waals surface area contributed by atoms with Gasteiger partial charge in [-0.1, -0.05) is 48.9 Å². The first kappa shape index (κ1) is 26.4. The minimum Gasteiger partial charge on any atom is -0.492 e. The van der Waals surface area contributed by atoms with Crippen molar-refractivity contribution >= 4 is 18.0 Å². The molecule has 0 aliphatic carbocycles. The zero-order valence-electron chi connectivity index (χ0n) is 20.1. The monoisotopic (exact) mass is 481 g/mol. The summed E-state index contributed by atoms with van der Waals surface area (Å²) >= 11 is 0. The van der Waals surface area contributed by atoms with Gasteiger partial charge in [-0.25, -0.2) is 4.79 Å². The number of hydrogen-bond acceptors (Lipinski definition) is 5. The van der Waals surface area contributed by atoms with E-state index in [0.29, 0.717) is 13.0 Å². The molecule has 35 heavy (non-hydrogen) atoms. The highest BCUT2D eigenvalue weighted by Gasteiger charge is 2.12. The van der Waals surface area contributed by atoms with Gasteiger partial charge in [-0.15, -0.1) is 0 Å². The Kier molecular flexibility index (Phi) is 10.8. The van der Waals surface area contributed by atoms with E-state index < -0.39 is 11.9 Å². The molecule has 0 radical (unpaired) electrons. The van der Waals surface area contributed by atoms with Crippen molar-refractivity contribution in [1.29, 1.82) is 0 Å². The van der Waals surface area contributed by atoms with Gasteiger partial charge in [0.15, 0.2) is 0 Å². The summed E-state index contributed by atoms with van der Waals surface area (Å²) in [5, 5.41) is 18.1. The van der Waals surface area contributed by atoms with Crippen molar-refractivity contribution in [2.24, 2.45) is 5.92 Å². The number of para-hydroxylation sites is 1. The molecule has 0 saturated carbocycles. The van der Waals surface area contributed by atoms with Crippen LogP contribution in [0, 0.1) is 5.92 Å². The smallest absolute Gasteiger partial charge is 0.335 e. The minimum atomic E-state index is -0.938. The lowest BCUT2D eigenvalue weighted by molar-refractivity contribution is -0.137. The molecule has 2 aromatic rings. The average molecular weight is 482 g/mol. The van der Waals surface area contributed by atoms with Gasteiger partial charge in [0.1, 0.15) is 12.4 Å². The van der Waals surface area contributed by atoms with Crippen LogP contribution in [0.2, 0.25) is 0 Å². The number of rotatable bonds is 14. The summed E-state index contributed by atoms with van der Waals surface area (Å²) in [5.74, 6) is -0.676. The lowest BCUT2D eigenvalue weighted by Gasteiger charge is -2.26. The number of ether oxygens (including phenoxy) is 2. The Morgan fingerprint density at radius 2 is 1.77 bits per heavy atom. The predicted octanol–water partition coefficient (Wildman–Crippen LogP) is 4.61. The first-order valence-electron chi connectivity index (χ1n) is 12.3. The highest BCUT2D eigenvalue weighted by molar-refractivity contribution is 5.87. The van der Waals surface area contributed by atoms with E-state index in [9.17, 15) is 9.59 Å². The molecule has 1 fully saturated rings. The Bertz CT molecular complexity index is 966. The number of unbranched alkanes of at least 4 members (excludes halogenated alkanes) is 1. The van der Waals surface area contributed by atoms with E-state index in [1.807, 2.05) is 36.4 Å². The van der Waals surface area contributed by atoms with Crippen molar-refractivity contribution < 1.29 is 29.3 Å². The maximum absolute atomic E-state index is 11.1. The van der Waals surface area contributed by atoms with Gasteiger partial charge < -0.3 is 19.7 Å². The largest absolute Gasteiger partial charge is 0.492 e. The third-order valence-corrected chi connectivity index (χ3v) is 6.15. The van der Waals surface area contributed by atoms with Gasteiger partial charge in [-0.2, -0.15) is 0 Å². The molecule has 1 saturated heterocycles. The summed E-state index contributed by atoms with van der Waals surface area (Å²) < 4.78 is 11.5. The van der Waals surface area contributed by atoms with Gasteiger partial charge in [0.05, 0.1) is 18.8 Å². The van der Waals surface area contributed by atoms with Crippen molar-refractivity contribution in [2.45, 2.75) is 32.1 Å².